The third-order valence-corrected chi connectivity index (χ3v) is 6.24. The predicted molar refractivity (Wildman–Crippen MR) is 145 cm³/mol. The molecule has 1 aliphatic rings. The van der Waals surface area contributed by atoms with Crippen molar-refractivity contribution in [2.45, 2.75) is 32.5 Å². The van der Waals surface area contributed by atoms with E-state index in [1.807, 2.05) is 41.3 Å². The quantitative estimate of drug-likeness (QED) is 0.341. The maximum Gasteiger partial charge on any atom is 0.317 e. The average molecular weight is 544 g/mol. The van der Waals surface area contributed by atoms with Gasteiger partial charge in [-0.2, -0.15) is 0 Å². The molecule has 0 fully saturated rings. The van der Waals surface area contributed by atoms with E-state index in [0.717, 1.165) is 11.3 Å². The molecule has 3 rings (SSSR count). The van der Waals surface area contributed by atoms with Gasteiger partial charge < -0.3 is 20.6 Å². The van der Waals surface area contributed by atoms with Crippen molar-refractivity contribution in [3.8, 4) is 0 Å². The van der Waals surface area contributed by atoms with E-state index in [1.54, 1.807) is 22.8 Å². The number of benzene rings is 1. The maximum absolute atomic E-state index is 11.9. The van der Waals surface area contributed by atoms with Gasteiger partial charge in [0.1, 0.15) is 0 Å². The monoisotopic (exact) mass is 543 g/mol. The molecule has 0 spiro atoms. The number of carboxylic acid groups (broad SMARTS) is 3. The van der Waals surface area contributed by atoms with E-state index in [0.29, 0.717) is 35.9 Å². The first-order valence-corrected chi connectivity index (χ1v) is 12.6. The van der Waals surface area contributed by atoms with E-state index >= 15 is 0 Å². The van der Waals surface area contributed by atoms with E-state index in [4.69, 9.17) is 12.2 Å². The molecule has 2 heterocycles. The van der Waals surface area contributed by atoms with Crippen LogP contribution in [0.3, 0.4) is 0 Å². The van der Waals surface area contributed by atoms with Crippen LogP contribution in [0.2, 0.25) is 0 Å². The Morgan fingerprint density at radius 2 is 1.47 bits per heavy atom. The zero-order chi connectivity index (χ0) is 27.7. The van der Waals surface area contributed by atoms with Gasteiger partial charge in [-0.3, -0.25) is 34.1 Å². The number of fused-ring (bicyclic) bond motifs is 2. The Hall–Kier alpha value is -3.45. The van der Waals surface area contributed by atoms with E-state index < -0.39 is 17.9 Å². The Bertz CT molecular complexity index is 1150. The first-order chi connectivity index (χ1) is 18.1. The van der Waals surface area contributed by atoms with E-state index in [-0.39, 0.29) is 45.3 Å². The number of carbonyl (C=O) groups is 3. The van der Waals surface area contributed by atoms with Crippen LogP contribution in [0.25, 0.3) is 0 Å². The lowest BCUT2D eigenvalue weighted by atomic mass is 10.0. The fourth-order valence-corrected chi connectivity index (χ4v) is 4.67. The zero-order valence-electron chi connectivity index (χ0n) is 21.2. The molecular weight excluding hydrogens is 510 g/mol. The summed E-state index contributed by atoms with van der Waals surface area (Å²) in [6.07, 6.45) is 0.471. The molecule has 0 radical (unpaired) electrons. The van der Waals surface area contributed by atoms with Gasteiger partial charge in [0.25, 0.3) is 0 Å². The fraction of sp³-hybridized carbons (Fsp3) is 0.423. The predicted octanol–water partition coefficient (Wildman–Crippen LogP) is 1.63. The summed E-state index contributed by atoms with van der Waals surface area (Å²) in [5.74, 6) is -2.99. The van der Waals surface area contributed by atoms with Crippen LogP contribution in [0.15, 0.2) is 42.5 Å². The average Bonchev–Trinajstić information content (AvgIpc) is 2.81. The highest BCUT2D eigenvalue weighted by Crippen LogP contribution is 2.18. The number of carboxylic acids is 3. The highest BCUT2D eigenvalue weighted by molar-refractivity contribution is 7.80. The van der Waals surface area contributed by atoms with Crippen LogP contribution in [0, 0.1) is 0 Å². The zero-order valence-corrected chi connectivity index (χ0v) is 22.1. The number of rotatable bonds is 9. The van der Waals surface area contributed by atoms with Gasteiger partial charge in [-0.1, -0.05) is 30.4 Å². The number of thiocarbonyl (C=S) groups is 1. The second kappa shape index (κ2) is 13.9. The van der Waals surface area contributed by atoms with E-state index in [9.17, 15) is 29.7 Å². The standard InChI is InChI=1S/C26H33N5O6S/c1-18(38)27-20-7-5-19(6-8-20)11-23-14-30(16-25(34)35)10-9-29(15-24(32)33)12-21-3-2-4-22(28-21)13-31(23)17-26(36)37/h2-8,23H,9-17H2,1H3,(H,27,38)(H,32,33)(H,34,35)(H,36,37). The van der Waals surface area contributed by atoms with Crippen LogP contribution < -0.4 is 5.32 Å². The second-order valence-electron chi connectivity index (χ2n) is 9.39. The lowest BCUT2D eigenvalue weighted by Crippen LogP contribution is -2.50. The smallest absolute Gasteiger partial charge is 0.317 e. The van der Waals surface area contributed by atoms with Crippen LogP contribution in [0.4, 0.5) is 5.69 Å². The molecule has 1 aliphatic heterocycles. The number of anilines is 1. The van der Waals surface area contributed by atoms with Crippen LogP contribution in [0.1, 0.15) is 23.9 Å². The van der Waals surface area contributed by atoms with Crippen molar-refractivity contribution in [3.63, 3.8) is 0 Å². The number of hydrogen-bond acceptors (Lipinski definition) is 8. The van der Waals surface area contributed by atoms with Crippen molar-refractivity contribution in [2.24, 2.45) is 0 Å². The number of pyridine rings is 1. The Balaban J connectivity index is 1.97. The lowest BCUT2D eigenvalue weighted by molar-refractivity contribution is -0.141. The van der Waals surface area contributed by atoms with E-state index in [1.165, 1.54) is 0 Å². The molecule has 12 heteroatoms. The Morgan fingerprint density at radius 3 is 2.08 bits per heavy atom. The summed E-state index contributed by atoms with van der Waals surface area (Å²) < 4.78 is 0. The number of hydrogen-bond donors (Lipinski definition) is 4. The van der Waals surface area contributed by atoms with Gasteiger partial charge in [0.15, 0.2) is 0 Å². The summed E-state index contributed by atoms with van der Waals surface area (Å²) in [5, 5.41) is 31.8. The number of aromatic nitrogens is 1. The number of nitrogens with zero attached hydrogens (tertiary/aromatic N) is 4. The second-order valence-corrected chi connectivity index (χ2v) is 10.0. The summed E-state index contributed by atoms with van der Waals surface area (Å²) in [6.45, 7) is 2.50. The van der Waals surface area contributed by atoms with Crippen LogP contribution in [-0.2, 0) is 33.9 Å². The van der Waals surface area contributed by atoms with Gasteiger partial charge >= 0.3 is 17.9 Å². The van der Waals surface area contributed by atoms with Gasteiger partial charge in [0.2, 0.25) is 0 Å². The van der Waals surface area contributed by atoms with Crippen molar-refractivity contribution >= 4 is 40.8 Å². The summed E-state index contributed by atoms with van der Waals surface area (Å²) in [4.78, 5) is 45.6. The molecule has 1 unspecified atom stereocenters. The highest BCUT2D eigenvalue weighted by atomic mass is 32.1. The van der Waals surface area contributed by atoms with Crippen molar-refractivity contribution in [2.75, 3.05) is 44.6 Å². The van der Waals surface area contributed by atoms with Crippen LogP contribution >= 0.6 is 12.2 Å². The number of aliphatic carboxylic acids is 3. The molecule has 204 valence electrons. The molecule has 2 aromatic rings. The SMILES string of the molecule is CC(=S)Nc1ccc(CC2CN(CC(=O)O)CCN(CC(=O)O)Cc3cccc(n3)CN2CC(=O)O)cc1. The minimum absolute atomic E-state index is 0.205. The molecule has 38 heavy (non-hydrogen) atoms. The van der Waals surface area contributed by atoms with Crippen LogP contribution in [-0.4, -0.2) is 103 Å². The van der Waals surface area contributed by atoms with E-state index in [2.05, 4.69) is 10.3 Å². The molecule has 1 atom stereocenters. The van der Waals surface area contributed by atoms with Gasteiger partial charge in [-0.15, -0.1) is 0 Å². The topological polar surface area (TPSA) is 147 Å². The van der Waals surface area contributed by atoms with Gasteiger partial charge in [-0.05, 0) is 43.2 Å². The van der Waals surface area contributed by atoms with Crippen molar-refractivity contribution in [1.82, 2.24) is 19.7 Å². The van der Waals surface area contributed by atoms with Gasteiger partial charge in [0, 0.05) is 44.5 Å². The molecular formula is C26H33N5O6S. The molecule has 1 aromatic carbocycles. The third kappa shape index (κ3) is 9.78. The van der Waals surface area contributed by atoms with Crippen molar-refractivity contribution in [1.29, 1.82) is 0 Å². The minimum Gasteiger partial charge on any atom is -0.480 e. The molecule has 11 nitrogen and oxygen atoms in total. The maximum atomic E-state index is 11.9. The Morgan fingerprint density at radius 1 is 0.895 bits per heavy atom. The number of nitrogens with one attached hydrogen (secondary N) is 1. The summed E-state index contributed by atoms with van der Waals surface area (Å²) in [6, 6.07) is 12.8. The summed E-state index contributed by atoms with van der Waals surface area (Å²) in [5.41, 5.74) is 3.12. The molecule has 2 bridgehead atoms. The minimum atomic E-state index is -1.01. The first kappa shape index (κ1) is 29.1. The molecule has 4 N–H and O–H groups in total. The highest BCUT2D eigenvalue weighted by Gasteiger charge is 2.27. The molecule has 0 saturated heterocycles. The molecule has 0 saturated carbocycles. The fourth-order valence-electron chi connectivity index (χ4n) is 4.55. The summed E-state index contributed by atoms with van der Waals surface area (Å²) >= 11 is 5.10. The first-order valence-electron chi connectivity index (χ1n) is 12.2. The largest absolute Gasteiger partial charge is 0.480 e. The van der Waals surface area contributed by atoms with Gasteiger partial charge in [0.05, 0.1) is 36.0 Å². The van der Waals surface area contributed by atoms with Crippen LogP contribution in [0.5, 0.6) is 0 Å². The molecule has 0 aliphatic carbocycles. The lowest BCUT2D eigenvalue weighted by Gasteiger charge is -2.36. The molecule has 1 aromatic heterocycles. The Labute approximate surface area is 226 Å². The third-order valence-electron chi connectivity index (χ3n) is 6.13. The normalized spacial score (nSPS) is 17.7. The Kier molecular flexibility index (Phi) is 10.7. The molecule has 0 amide bonds. The summed E-state index contributed by atoms with van der Waals surface area (Å²) in [7, 11) is 0. The van der Waals surface area contributed by atoms with Gasteiger partial charge in [-0.25, -0.2) is 0 Å². The van der Waals surface area contributed by atoms with Crippen molar-refractivity contribution < 1.29 is 29.7 Å². The van der Waals surface area contributed by atoms with Crippen molar-refractivity contribution in [3.05, 3.63) is 59.4 Å².